The number of benzene rings is 3. The zero-order valence-electron chi connectivity index (χ0n) is 17.8. The molecule has 0 aromatic heterocycles. The molecule has 0 aliphatic carbocycles. The summed E-state index contributed by atoms with van der Waals surface area (Å²) in [5.41, 5.74) is 5.11. The van der Waals surface area contributed by atoms with E-state index >= 15 is 0 Å². The molecule has 0 spiro atoms. The fraction of sp³-hybridized carbons (Fsp3) is 0.231. The minimum atomic E-state index is -0.973. The summed E-state index contributed by atoms with van der Waals surface area (Å²) in [6.07, 6.45) is 0. The summed E-state index contributed by atoms with van der Waals surface area (Å²) in [5, 5.41) is 0.616. The van der Waals surface area contributed by atoms with Crippen molar-refractivity contribution in [2.75, 3.05) is 13.1 Å². The lowest BCUT2D eigenvalue weighted by Gasteiger charge is -2.41. The predicted octanol–water partition coefficient (Wildman–Crippen LogP) is 5.08. The van der Waals surface area contributed by atoms with Crippen LogP contribution in [0.25, 0.3) is 0 Å². The Hall–Kier alpha value is -3.11. The van der Waals surface area contributed by atoms with Crippen LogP contribution in [0, 0.1) is 20.8 Å². The van der Waals surface area contributed by atoms with Crippen molar-refractivity contribution in [3.8, 4) is 0 Å². The lowest BCUT2D eigenvalue weighted by Crippen LogP contribution is -2.51. The highest BCUT2D eigenvalue weighted by molar-refractivity contribution is 6.30. The maximum atomic E-state index is 14.1. The SMILES string of the molecule is Cc1cc(C)c(C(=O)N2CCN3C(=O)c4ccccc4C32c2ccc(Cl)cc2)c(C)c1. The number of nitrogens with zero attached hydrogens (tertiary/aromatic N) is 2. The van der Waals surface area contributed by atoms with Crippen molar-refractivity contribution in [2.45, 2.75) is 26.4 Å². The van der Waals surface area contributed by atoms with Crippen molar-refractivity contribution in [1.82, 2.24) is 9.80 Å². The molecule has 0 bridgehead atoms. The zero-order valence-corrected chi connectivity index (χ0v) is 18.5. The van der Waals surface area contributed by atoms with Gasteiger partial charge in [0, 0.05) is 40.4 Å². The van der Waals surface area contributed by atoms with Gasteiger partial charge in [0.15, 0.2) is 5.66 Å². The minimum absolute atomic E-state index is 0.0433. The van der Waals surface area contributed by atoms with E-state index in [4.69, 9.17) is 11.6 Å². The normalized spacial score (nSPS) is 19.5. The molecule has 3 aromatic carbocycles. The lowest BCUT2D eigenvalue weighted by atomic mass is 9.88. The van der Waals surface area contributed by atoms with Crippen molar-refractivity contribution < 1.29 is 9.59 Å². The molecular weight excluding hydrogens is 408 g/mol. The first kappa shape index (κ1) is 19.8. The lowest BCUT2D eigenvalue weighted by molar-refractivity contribution is 0.0374. The highest BCUT2D eigenvalue weighted by atomic mass is 35.5. The first-order chi connectivity index (χ1) is 14.9. The molecule has 4 nitrogen and oxygen atoms in total. The number of carbonyl (C=O) groups excluding carboxylic acids is 2. The Labute approximate surface area is 187 Å². The Balaban J connectivity index is 1.77. The van der Waals surface area contributed by atoms with Crippen LogP contribution in [0.15, 0.2) is 60.7 Å². The summed E-state index contributed by atoms with van der Waals surface area (Å²) in [7, 11) is 0. The highest BCUT2D eigenvalue weighted by Gasteiger charge is 2.59. The van der Waals surface area contributed by atoms with Crippen LogP contribution in [0.3, 0.4) is 0 Å². The van der Waals surface area contributed by atoms with Gasteiger partial charge in [0.2, 0.25) is 0 Å². The van der Waals surface area contributed by atoms with Crippen LogP contribution in [-0.4, -0.2) is 34.7 Å². The fourth-order valence-corrected chi connectivity index (χ4v) is 5.50. The number of rotatable bonds is 2. The average Bonchev–Trinajstić information content (AvgIpc) is 3.24. The van der Waals surface area contributed by atoms with E-state index in [0.717, 1.165) is 27.8 Å². The van der Waals surface area contributed by atoms with Gasteiger partial charge in [0.1, 0.15) is 0 Å². The molecule has 5 rings (SSSR count). The molecule has 1 atom stereocenters. The van der Waals surface area contributed by atoms with E-state index in [1.54, 1.807) is 0 Å². The van der Waals surface area contributed by atoms with Gasteiger partial charge in [-0.25, -0.2) is 0 Å². The molecule has 3 aromatic rings. The number of halogens is 1. The maximum Gasteiger partial charge on any atom is 0.256 e. The van der Waals surface area contributed by atoms with Gasteiger partial charge in [-0.1, -0.05) is 59.6 Å². The van der Waals surface area contributed by atoms with Gasteiger partial charge in [-0.3, -0.25) is 9.59 Å². The van der Waals surface area contributed by atoms with Crippen LogP contribution < -0.4 is 0 Å². The molecule has 5 heteroatoms. The van der Waals surface area contributed by atoms with Gasteiger partial charge in [-0.2, -0.15) is 0 Å². The molecule has 1 unspecified atom stereocenters. The molecule has 0 radical (unpaired) electrons. The zero-order chi connectivity index (χ0) is 21.9. The standard InChI is InChI=1S/C26H23ClN2O2/c1-16-14-17(2)23(18(3)15-16)25(31)29-13-12-28-24(30)21-6-4-5-7-22(21)26(28,29)19-8-10-20(27)11-9-19/h4-11,14-15H,12-13H2,1-3H3. The van der Waals surface area contributed by atoms with Crippen LogP contribution in [0.2, 0.25) is 5.02 Å². The summed E-state index contributed by atoms with van der Waals surface area (Å²) in [6, 6.07) is 19.2. The molecule has 1 saturated heterocycles. The van der Waals surface area contributed by atoms with Gasteiger partial charge in [-0.15, -0.1) is 0 Å². The minimum Gasteiger partial charge on any atom is -0.306 e. The van der Waals surface area contributed by atoms with Crippen LogP contribution >= 0.6 is 11.6 Å². The van der Waals surface area contributed by atoms with Crippen molar-refractivity contribution in [1.29, 1.82) is 0 Å². The fourth-order valence-electron chi connectivity index (χ4n) is 5.38. The first-order valence-electron chi connectivity index (χ1n) is 10.4. The van der Waals surface area contributed by atoms with E-state index in [-0.39, 0.29) is 11.8 Å². The molecule has 31 heavy (non-hydrogen) atoms. The Bertz CT molecular complexity index is 1210. The van der Waals surface area contributed by atoms with Crippen molar-refractivity contribution in [2.24, 2.45) is 0 Å². The van der Waals surface area contributed by atoms with Crippen LogP contribution in [0.1, 0.15) is 48.5 Å². The first-order valence-corrected chi connectivity index (χ1v) is 10.8. The third-order valence-corrected chi connectivity index (χ3v) is 6.74. The van der Waals surface area contributed by atoms with E-state index in [0.29, 0.717) is 29.2 Å². The number of hydrogen-bond acceptors (Lipinski definition) is 2. The Morgan fingerprint density at radius 2 is 1.58 bits per heavy atom. The topological polar surface area (TPSA) is 40.6 Å². The molecule has 1 fully saturated rings. The number of amides is 2. The molecule has 0 N–H and O–H groups in total. The third-order valence-electron chi connectivity index (χ3n) is 6.49. The van der Waals surface area contributed by atoms with E-state index in [1.165, 1.54) is 0 Å². The second kappa shape index (κ2) is 6.96. The number of fused-ring (bicyclic) bond motifs is 3. The van der Waals surface area contributed by atoms with Gasteiger partial charge < -0.3 is 9.80 Å². The Morgan fingerprint density at radius 1 is 0.935 bits per heavy atom. The Morgan fingerprint density at radius 3 is 2.26 bits per heavy atom. The van der Waals surface area contributed by atoms with Gasteiger partial charge in [-0.05, 0) is 50.1 Å². The van der Waals surface area contributed by atoms with Crippen LogP contribution in [-0.2, 0) is 5.66 Å². The molecule has 156 valence electrons. The number of carbonyl (C=O) groups is 2. The van der Waals surface area contributed by atoms with Crippen molar-refractivity contribution >= 4 is 23.4 Å². The molecular formula is C26H23ClN2O2. The number of aryl methyl sites for hydroxylation is 3. The number of hydrogen-bond donors (Lipinski definition) is 0. The summed E-state index contributed by atoms with van der Waals surface area (Å²) in [4.78, 5) is 31.1. The average molecular weight is 431 g/mol. The smallest absolute Gasteiger partial charge is 0.256 e. The van der Waals surface area contributed by atoms with E-state index in [1.807, 2.05) is 91.2 Å². The molecule has 2 aliphatic rings. The van der Waals surface area contributed by atoms with Gasteiger partial charge >= 0.3 is 0 Å². The van der Waals surface area contributed by atoms with Crippen LogP contribution in [0.4, 0.5) is 0 Å². The van der Waals surface area contributed by atoms with Gasteiger partial charge in [0.25, 0.3) is 11.8 Å². The Kier molecular flexibility index (Phi) is 4.45. The van der Waals surface area contributed by atoms with E-state index < -0.39 is 5.66 Å². The second-order valence-electron chi connectivity index (χ2n) is 8.41. The summed E-state index contributed by atoms with van der Waals surface area (Å²) in [5.74, 6) is -0.102. The monoisotopic (exact) mass is 430 g/mol. The van der Waals surface area contributed by atoms with Gasteiger partial charge in [0.05, 0.1) is 0 Å². The van der Waals surface area contributed by atoms with Crippen molar-refractivity contribution in [3.05, 3.63) is 105 Å². The van der Waals surface area contributed by atoms with E-state index in [9.17, 15) is 9.59 Å². The molecule has 2 amide bonds. The second-order valence-corrected chi connectivity index (χ2v) is 8.85. The highest BCUT2D eigenvalue weighted by Crippen LogP contribution is 2.50. The van der Waals surface area contributed by atoms with E-state index in [2.05, 4.69) is 0 Å². The molecule has 2 heterocycles. The maximum absolute atomic E-state index is 14.1. The molecule has 0 saturated carbocycles. The summed E-state index contributed by atoms with van der Waals surface area (Å²) >= 11 is 6.18. The summed E-state index contributed by atoms with van der Waals surface area (Å²) < 4.78 is 0. The predicted molar refractivity (Wildman–Crippen MR) is 121 cm³/mol. The van der Waals surface area contributed by atoms with Crippen molar-refractivity contribution in [3.63, 3.8) is 0 Å². The largest absolute Gasteiger partial charge is 0.306 e. The molecule has 2 aliphatic heterocycles. The quantitative estimate of drug-likeness (QED) is 0.569. The third kappa shape index (κ3) is 2.68. The van der Waals surface area contributed by atoms with Crippen LogP contribution in [0.5, 0.6) is 0 Å². The summed E-state index contributed by atoms with van der Waals surface area (Å²) in [6.45, 7) is 6.93.